The van der Waals surface area contributed by atoms with Gasteiger partial charge in [-0.25, -0.2) is 19.3 Å². The van der Waals surface area contributed by atoms with Gasteiger partial charge in [0, 0.05) is 6.54 Å². The molecule has 8 nitrogen and oxygen atoms in total. The Morgan fingerprint density at radius 3 is 2.56 bits per heavy atom. The molecule has 0 spiro atoms. The number of alkyl halides is 3. The molecule has 2 N–H and O–H groups in total. The molecule has 0 bridgehead atoms. The molecule has 36 heavy (non-hydrogen) atoms. The monoisotopic (exact) mass is 495 g/mol. The number of aromatic nitrogens is 4. The van der Waals surface area contributed by atoms with Crippen LogP contribution in [0.15, 0.2) is 53.6 Å². The van der Waals surface area contributed by atoms with Gasteiger partial charge < -0.3 is 10.6 Å². The van der Waals surface area contributed by atoms with Crippen molar-refractivity contribution in [3.05, 3.63) is 81.9 Å². The van der Waals surface area contributed by atoms with Crippen molar-refractivity contribution >= 4 is 22.5 Å². The summed E-state index contributed by atoms with van der Waals surface area (Å²) in [5.41, 5.74) is 3.17. The van der Waals surface area contributed by atoms with E-state index in [4.69, 9.17) is 5.73 Å². The predicted octanol–water partition coefficient (Wildman–Crippen LogP) is 4.13. The Kier molecular flexibility index (Phi) is 5.55. The van der Waals surface area contributed by atoms with Crippen LogP contribution in [0, 0.1) is 17.1 Å². The van der Waals surface area contributed by atoms with Crippen molar-refractivity contribution < 1.29 is 17.6 Å². The summed E-state index contributed by atoms with van der Waals surface area (Å²) < 4.78 is 56.9. The molecule has 3 heterocycles. The second kappa shape index (κ2) is 8.60. The summed E-state index contributed by atoms with van der Waals surface area (Å²) in [5, 5.41) is 8.76. The molecule has 182 valence electrons. The molecule has 0 amide bonds. The fourth-order valence-corrected chi connectivity index (χ4v) is 4.60. The normalized spacial score (nSPS) is 15.9. The van der Waals surface area contributed by atoms with Gasteiger partial charge in [-0.2, -0.15) is 18.4 Å². The highest BCUT2D eigenvalue weighted by atomic mass is 19.4. The van der Waals surface area contributed by atoms with E-state index in [1.165, 1.54) is 6.33 Å². The Hall–Kier alpha value is -4.53. The van der Waals surface area contributed by atoms with Gasteiger partial charge in [0.1, 0.15) is 41.0 Å². The van der Waals surface area contributed by atoms with Gasteiger partial charge in [-0.15, -0.1) is 0 Å². The summed E-state index contributed by atoms with van der Waals surface area (Å²) in [5.74, 6) is -1.21. The number of halogens is 4. The van der Waals surface area contributed by atoms with E-state index in [1.807, 2.05) is 6.07 Å². The lowest BCUT2D eigenvalue weighted by atomic mass is 10.1. The maximum Gasteiger partial charge on any atom is 0.420 e. The lowest BCUT2D eigenvalue weighted by molar-refractivity contribution is -0.138. The smallest absolute Gasteiger partial charge is 0.382 e. The number of para-hydroxylation sites is 1. The van der Waals surface area contributed by atoms with Crippen LogP contribution in [0.1, 0.15) is 35.8 Å². The number of hydrogen-bond acceptors (Lipinski definition) is 7. The van der Waals surface area contributed by atoms with Crippen LogP contribution in [0.4, 0.5) is 29.2 Å². The number of nitrogens with zero attached hydrogens (tertiary/aromatic N) is 6. The predicted molar refractivity (Wildman–Crippen MR) is 123 cm³/mol. The standard InChI is InChI=1S/C24H17F4N7O/c25-15-8-9-16-18(19(15)24(26,27)28)23(36)35(13-5-2-1-3-6-13)22(33-16)17-7-4-10-34(17)21-14(11-29)20(30)31-12-32-21/h1-3,5-6,8-9,12,17H,4,7,10H2,(H2,30,31,32)/t17-/m0/s1. The number of hydrogen-bond donors (Lipinski definition) is 1. The van der Waals surface area contributed by atoms with Gasteiger partial charge in [0.05, 0.1) is 22.6 Å². The summed E-state index contributed by atoms with van der Waals surface area (Å²) in [6.07, 6.45) is -2.82. The molecule has 4 aromatic rings. The van der Waals surface area contributed by atoms with Crippen LogP contribution < -0.4 is 16.2 Å². The molecule has 1 aliphatic heterocycles. The first kappa shape index (κ1) is 23.2. The average molecular weight is 495 g/mol. The van der Waals surface area contributed by atoms with Gasteiger partial charge in [-0.05, 0) is 37.1 Å². The lowest BCUT2D eigenvalue weighted by Crippen LogP contribution is -2.33. The van der Waals surface area contributed by atoms with Gasteiger partial charge in [0.2, 0.25) is 0 Å². The number of rotatable bonds is 3. The van der Waals surface area contributed by atoms with E-state index < -0.39 is 34.5 Å². The fourth-order valence-electron chi connectivity index (χ4n) is 4.60. The molecule has 12 heteroatoms. The van der Waals surface area contributed by atoms with Gasteiger partial charge in [0.15, 0.2) is 5.82 Å². The van der Waals surface area contributed by atoms with E-state index in [-0.39, 0.29) is 34.2 Å². The Morgan fingerprint density at radius 2 is 1.86 bits per heavy atom. The molecule has 5 rings (SSSR count). The minimum Gasteiger partial charge on any atom is -0.382 e. The minimum atomic E-state index is -5.11. The van der Waals surface area contributed by atoms with Gasteiger partial charge in [-0.3, -0.25) is 9.36 Å². The summed E-state index contributed by atoms with van der Waals surface area (Å²) in [4.78, 5) is 27.9. The molecule has 0 radical (unpaired) electrons. The fraction of sp³-hybridized carbons (Fsp3) is 0.208. The van der Waals surface area contributed by atoms with E-state index in [0.717, 1.165) is 10.6 Å². The maximum atomic E-state index is 14.4. The molecule has 0 saturated carbocycles. The third-order valence-electron chi connectivity index (χ3n) is 6.10. The first-order valence-corrected chi connectivity index (χ1v) is 10.9. The first-order chi connectivity index (χ1) is 17.2. The highest BCUT2D eigenvalue weighted by molar-refractivity contribution is 5.83. The van der Waals surface area contributed by atoms with Gasteiger partial charge in [0.25, 0.3) is 5.56 Å². The van der Waals surface area contributed by atoms with Crippen LogP contribution in [0.3, 0.4) is 0 Å². The molecule has 1 atom stereocenters. The van der Waals surface area contributed by atoms with E-state index in [2.05, 4.69) is 15.0 Å². The summed E-state index contributed by atoms with van der Waals surface area (Å²) in [6, 6.07) is 11.1. The van der Waals surface area contributed by atoms with Crippen LogP contribution in [0.25, 0.3) is 16.6 Å². The van der Waals surface area contributed by atoms with Crippen molar-refractivity contribution in [2.45, 2.75) is 25.1 Å². The molecular weight excluding hydrogens is 478 g/mol. The number of fused-ring (bicyclic) bond motifs is 1. The average Bonchev–Trinajstić information content (AvgIpc) is 3.33. The zero-order valence-electron chi connectivity index (χ0n) is 18.5. The molecular formula is C24H17F4N7O. The highest BCUT2D eigenvalue weighted by Gasteiger charge is 2.39. The van der Waals surface area contributed by atoms with Crippen molar-refractivity contribution in [2.24, 2.45) is 0 Å². The zero-order chi connectivity index (χ0) is 25.6. The van der Waals surface area contributed by atoms with Gasteiger partial charge >= 0.3 is 6.18 Å². The number of nitrogens with two attached hydrogens (primary N) is 1. The van der Waals surface area contributed by atoms with E-state index >= 15 is 0 Å². The Morgan fingerprint density at radius 1 is 1.11 bits per heavy atom. The van der Waals surface area contributed by atoms with Gasteiger partial charge in [-0.1, -0.05) is 18.2 Å². The zero-order valence-corrected chi connectivity index (χ0v) is 18.5. The number of nitriles is 1. The second-order valence-electron chi connectivity index (χ2n) is 8.18. The molecule has 2 aromatic carbocycles. The van der Waals surface area contributed by atoms with Crippen molar-refractivity contribution in [3.63, 3.8) is 0 Å². The SMILES string of the molecule is N#Cc1c(N)ncnc1N1CCC[C@H]1c1nc2ccc(F)c(C(F)(F)F)c2c(=O)n1-c1ccccc1. The Bertz CT molecular complexity index is 1580. The topological polar surface area (TPSA) is 114 Å². The number of nitrogen functional groups attached to an aromatic ring is 1. The van der Waals surface area contributed by atoms with Crippen LogP contribution >= 0.6 is 0 Å². The molecule has 1 aliphatic rings. The molecule has 1 fully saturated rings. The van der Waals surface area contributed by atoms with Crippen LogP contribution in [-0.2, 0) is 6.18 Å². The van der Waals surface area contributed by atoms with Crippen molar-refractivity contribution in [2.75, 3.05) is 17.2 Å². The third-order valence-corrected chi connectivity index (χ3v) is 6.10. The van der Waals surface area contributed by atoms with Crippen molar-refractivity contribution in [1.82, 2.24) is 19.5 Å². The Balaban J connectivity index is 1.83. The third kappa shape index (κ3) is 3.69. The number of benzene rings is 2. The molecule has 0 aliphatic carbocycles. The molecule has 2 aromatic heterocycles. The van der Waals surface area contributed by atoms with Crippen LogP contribution in [0.5, 0.6) is 0 Å². The minimum absolute atomic E-state index is 0.0228. The van der Waals surface area contributed by atoms with E-state index in [0.29, 0.717) is 25.5 Å². The highest BCUT2D eigenvalue weighted by Crippen LogP contribution is 2.39. The quantitative estimate of drug-likeness (QED) is 0.425. The lowest BCUT2D eigenvalue weighted by Gasteiger charge is -2.28. The second-order valence-corrected chi connectivity index (χ2v) is 8.18. The van der Waals surface area contributed by atoms with Crippen LogP contribution in [-0.4, -0.2) is 26.1 Å². The van der Waals surface area contributed by atoms with Crippen molar-refractivity contribution in [1.29, 1.82) is 5.26 Å². The van der Waals surface area contributed by atoms with Crippen molar-refractivity contribution in [3.8, 4) is 11.8 Å². The molecule has 0 unspecified atom stereocenters. The maximum absolute atomic E-state index is 14.4. The first-order valence-electron chi connectivity index (χ1n) is 10.9. The summed E-state index contributed by atoms with van der Waals surface area (Å²) in [7, 11) is 0. The number of anilines is 2. The Labute approximate surface area is 201 Å². The van der Waals surface area contributed by atoms with E-state index in [1.54, 1.807) is 35.2 Å². The van der Waals surface area contributed by atoms with Crippen LogP contribution in [0.2, 0.25) is 0 Å². The summed E-state index contributed by atoms with van der Waals surface area (Å²) in [6.45, 7) is 0.426. The largest absolute Gasteiger partial charge is 0.420 e. The summed E-state index contributed by atoms with van der Waals surface area (Å²) >= 11 is 0. The molecule has 1 saturated heterocycles. The van der Waals surface area contributed by atoms with E-state index in [9.17, 15) is 27.6 Å².